The average molecular weight is 259 g/mol. The minimum atomic E-state index is 0.647. The van der Waals surface area contributed by atoms with Crippen molar-refractivity contribution in [3.63, 3.8) is 0 Å². The van der Waals surface area contributed by atoms with E-state index in [1.54, 1.807) is 6.33 Å². The van der Waals surface area contributed by atoms with E-state index in [2.05, 4.69) is 23.8 Å². The van der Waals surface area contributed by atoms with Gasteiger partial charge in [0.25, 0.3) is 0 Å². The van der Waals surface area contributed by atoms with E-state index in [1.807, 2.05) is 17.7 Å². The fraction of sp³-hybridized carbons (Fsp3) is 0.500. The van der Waals surface area contributed by atoms with Crippen molar-refractivity contribution in [3.8, 4) is 5.82 Å². The van der Waals surface area contributed by atoms with Crippen molar-refractivity contribution >= 4 is 0 Å². The molecule has 2 heterocycles. The summed E-state index contributed by atoms with van der Waals surface area (Å²) < 4.78 is 1.94. The van der Waals surface area contributed by atoms with Crippen LogP contribution in [0.3, 0.4) is 0 Å². The quantitative estimate of drug-likeness (QED) is 0.885. The minimum absolute atomic E-state index is 0.647. The number of rotatable bonds is 5. The Labute approximate surface area is 113 Å². The summed E-state index contributed by atoms with van der Waals surface area (Å²) in [6.07, 6.45) is 4.29. The topological polar surface area (TPSA) is 69.6 Å². The van der Waals surface area contributed by atoms with Crippen LogP contribution in [-0.4, -0.2) is 26.3 Å². The SMILES string of the molecule is CCc1nn(-c2cc(C)ncn2)c(CC)c1CCN. The first-order chi connectivity index (χ1) is 9.21. The highest BCUT2D eigenvalue weighted by Gasteiger charge is 2.16. The lowest BCUT2D eigenvalue weighted by molar-refractivity contribution is 0.764. The Kier molecular flexibility index (Phi) is 4.27. The van der Waals surface area contributed by atoms with Crippen LogP contribution in [0.25, 0.3) is 5.82 Å². The Bertz CT molecular complexity index is 559. The van der Waals surface area contributed by atoms with Gasteiger partial charge in [0.15, 0.2) is 5.82 Å². The van der Waals surface area contributed by atoms with Gasteiger partial charge in [0, 0.05) is 17.5 Å². The van der Waals surface area contributed by atoms with Crippen LogP contribution in [0.4, 0.5) is 0 Å². The summed E-state index contributed by atoms with van der Waals surface area (Å²) in [5, 5.41) is 4.70. The predicted octanol–water partition coefficient (Wildman–Crippen LogP) is 1.60. The molecule has 2 rings (SSSR count). The van der Waals surface area contributed by atoms with Gasteiger partial charge < -0.3 is 5.73 Å². The van der Waals surface area contributed by atoms with Gasteiger partial charge in [0.2, 0.25) is 0 Å². The predicted molar refractivity (Wildman–Crippen MR) is 75.4 cm³/mol. The summed E-state index contributed by atoms with van der Waals surface area (Å²) in [6, 6.07) is 1.96. The number of hydrogen-bond donors (Lipinski definition) is 1. The second kappa shape index (κ2) is 5.93. The molecule has 0 aromatic carbocycles. The van der Waals surface area contributed by atoms with Crippen molar-refractivity contribution in [3.05, 3.63) is 35.0 Å². The van der Waals surface area contributed by atoms with E-state index in [0.29, 0.717) is 6.54 Å². The van der Waals surface area contributed by atoms with Crippen LogP contribution in [0.5, 0.6) is 0 Å². The summed E-state index contributed by atoms with van der Waals surface area (Å²) in [4.78, 5) is 8.46. The zero-order valence-corrected chi connectivity index (χ0v) is 11.8. The molecule has 0 aliphatic carbocycles. The fourth-order valence-corrected chi connectivity index (χ4v) is 2.36. The largest absolute Gasteiger partial charge is 0.330 e. The van der Waals surface area contributed by atoms with Crippen molar-refractivity contribution in [1.29, 1.82) is 0 Å². The number of aromatic nitrogens is 4. The summed E-state index contributed by atoms with van der Waals surface area (Å²) in [5.41, 5.74) is 10.3. The van der Waals surface area contributed by atoms with Gasteiger partial charge in [-0.25, -0.2) is 14.6 Å². The monoisotopic (exact) mass is 259 g/mol. The summed E-state index contributed by atoms with van der Waals surface area (Å²) in [5.74, 6) is 0.835. The molecule has 0 atom stereocenters. The van der Waals surface area contributed by atoms with Gasteiger partial charge >= 0.3 is 0 Å². The van der Waals surface area contributed by atoms with Crippen LogP contribution < -0.4 is 5.73 Å². The highest BCUT2D eigenvalue weighted by atomic mass is 15.3. The van der Waals surface area contributed by atoms with Gasteiger partial charge in [0.1, 0.15) is 6.33 Å². The van der Waals surface area contributed by atoms with Gasteiger partial charge in [-0.05, 0) is 38.3 Å². The lowest BCUT2D eigenvalue weighted by Gasteiger charge is -2.06. The first-order valence-corrected chi connectivity index (χ1v) is 6.79. The molecule has 0 unspecified atom stereocenters. The first-order valence-electron chi connectivity index (χ1n) is 6.79. The normalized spacial score (nSPS) is 10.9. The Morgan fingerprint density at radius 2 is 2.00 bits per heavy atom. The highest BCUT2D eigenvalue weighted by molar-refractivity contribution is 5.34. The number of hydrogen-bond acceptors (Lipinski definition) is 4. The third-order valence-electron chi connectivity index (χ3n) is 3.24. The van der Waals surface area contributed by atoms with E-state index in [0.717, 1.165) is 36.5 Å². The zero-order chi connectivity index (χ0) is 13.8. The zero-order valence-electron chi connectivity index (χ0n) is 11.8. The Morgan fingerprint density at radius 3 is 2.58 bits per heavy atom. The van der Waals surface area contributed by atoms with Crippen LogP contribution in [0, 0.1) is 6.92 Å². The molecule has 0 aliphatic heterocycles. The first kappa shape index (κ1) is 13.7. The van der Waals surface area contributed by atoms with E-state index >= 15 is 0 Å². The Hall–Kier alpha value is -1.75. The Morgan fingerprint density at radius 1 is 1.21 bits per heavy atom. The maximum absolute atomic E-state index is 5.72. The molecule has 0 saturated carbocycles. The molecule has 19 heavy (non-hydrogen) atoms. The fourth-order valence-electron chi connectivity index (χ4n) is 2.36. The molecular formula is C14H21N5. The average Bonchev–Trinajstić information content (AvgIpc) is 2.77. The molecule has 0 bridgehead atoms. The van der Waals surface area contributed by atoms with E-state index < -0.39 is 0 Å². The molecule has 0 saturated heterocycles. The molecule has 2 aromatic heterocycles. The van der Waals surface area contributed by atoms with Crippen molar-refractivity contribution in [1.82, 2.24) is 19.7 Å². The molecule has 0 aliphatic rings. The van der Waals surface area contributed by atoms with Crippen molar-refractivity contribution < 1.29 is 0 Å². The summed E-state index contributed by atoms with van der Waals surface area (Å²) in [7, 11) is 0. The van der Waals surface area contributed by atoms with Gasteiger partial charge in [0.05, 0.1) is 5.69 Å². The second-order valence-corrected chi connectivity index (χ2v) is 4.55. The number of nitrogens with two attached hydrogens (primary N) is 1. The molecule has 2 aromatic rings. The lowest BCUT2D eigenvalue weighted by atomic mass is 10.1. The van der Waals surface area contributed by atoms with Crippen LogP contribution in [-0.2, 0) is 19.3 Å². The maximum Gasteiger partial charge on any atom is 0.157 e. The molecule has 5 heteroatoms. The van der Waals surface area contributed by atoms with Crippen molar-refractivity contribution in [2.75, 3.05) is 6.54 Å². The van der Waals surface area contributed by atoms with Crippen LogP contribution >= 0.6 is 0 Å². The van der Waals surface area contributed by atoms with Crippen molar-refractivity contribution in [2.24, 2.45) is 5.73 Å². The van der Waals surface area contributed by atoms with E-state index in [4.69, 9.17) is 10.8 Å². The summed E-state index contributed by atoms with van der Waals surface area (Å²) in [6.45, 7) is 6.87. The molecule has 5 nitrogen and oxygen atoms in total. The lowest BCUT2D eigenvalue weighted by Crippen LogP contribution is -2.08. The van der Waals surface area contributed by atoms with Crippen molar-refractivity contribution in [2.45, 2.75) is 40.0 Å². The number of aryl methyl sites for hydroxylation is 2. The van der Waals surface area contributed by atoms with Gasteiger partial charge in [-0.2, -0.15) is 5.10 Å². The van der Waals surface area contributed by atoms with Crippen LogP contribution in [0.15, 0.2) is 12.4 Å². The van der Waals surface area contributed by atoms with E-state index in [1.165, 1.54) is 11.3 Å². The smallest absolute Gasteiger partial charge is 0.157 e. The van der Waals surface area contributed by atoms with Gasteiger partial charge in [-0.15, -0.1) is 0 Å². The molecule has 0 fully saturated rings. The summed E-state index contributed by atoms with van der Waals surface area (Å²) >= 11 is 0. The third kappa shape index (κ3) is 2.66. The highest BCUT2D eigenvalue weighted by Crippen LogP contribution is 2.19. The molecular weight excluding hydrogens is 238 g/mol. The molecule has 0 amide bonds. The maximum atomic E-state index is 5.72. The molecule has 0 radical (unpaired) electrons. The molecule has 0 spiro atoms. The van der Waals surface area contributed by atoms with Crippen LogP contribution in [0.1, 0.15) is 36.5 Å². The van der Waals surface area contributed by atoms with E-state index in [-0.39, 0.29) is 0 Å². The second-order valence-electron chi connectivity index (χ2n) is 4.55. The van der Waals surface area contributed by atoms with Gasteiger partial charge in [-0.3, -0.25) is 0 Å². The Balaban J connectivity index is 2.56. The minimum Gasteiger partial charge on any atom is -0.330 e. The number of nitrogens with zero attached hydrogens (tertiary/aromatic N) is 4. The molecule has 102 valence electrons. The molecule has 2 N–H and O–H groups in total. The van der Waals surface area contributed by atoms with Gasteiger partial charge in [-0.1, -0.05) is 13.8 Å². The standard InChI is InChI=1S/C14H21N5/c1-4-12-11(6-7-15)13(5-2)19(18-12)14-8-10(3)16-9-17-14/h8-9H,4-7,15H2,1-3H3. The van der Waals surface area contributed by atoms with Crippen LogP contribution in [0.2, 0.25) is 0 Å². The third-order valence-corrected chi connectivity index (χ3v) is 3.24. The van der Waals surface area contributed by atoms with E-state index in [9.17, 15) is 0 Å².